The van der Waals surface area contributed by atoms with Crippen molar-refractivity contribution >= 4 is 44.3 Å². The molecule has 0 saturated carbocycles. The number of carbonyl (C=O) groups excluding carboxylic acids is 2. The molecule has 4 aromatic rings. The number of anilines is 1. The van der Waals surface area contributed by atoms with Crippen LogP contribution < -0.4 is 9.64 Å². The maximum Gasteiger partial charge on any atom is 0.294 e. The van der Waals surface area contributed by atoms with E-state index in [1.807, 2.05) is 50.2 Å². The fourth-order valence-corrected chi connectivity index (χ4v) is 4.95. The number of benzene rings is 3. The molecular formula is C30H26BrNO5. The predicted octanol–water partition coefficient (Wildman–Crippen LogP) is 7.33. The van der Waals surface area contributed by atoms with Gasteiger partial charge in [0.1, 0.15) is 11.3 Å². The van der Waals surface area contributed by atoms with Crippen LogP contribution in [0, 0.1) is 0 Å². The second-order valence-corrected chi connectivity index (χ2v) is 10.1. The largest absolute Gasteiger partial charge is 0.503 e. The highest BCUT2D eigenvalue weighted by Crippen LogP contribution is 2.43. The monoisotopic (exact) mass is 559 g/mol. The van der Waals surface area contributed by atoms with E-state index in [1.54, 1.807) is 36.4 Å². The number of aliphatic hydroxyl groups is 1. The zero-order chi connectivity index (χ0) is 26.3. The summed E-state index contributed by atoms with van der Waals surface area (Å²) in [7, 11) is 0. The molecule has 3 aromatic carbocycles. The first kappa shape index (κ1) is 24.8. The Labute approximate surface area is 223 Å². The van der Waals surface area contributed by atoms with Gasteiger partial charge in [0.25, 0.3) is 5.91 Å². The SMILES string of the molecule is CCc1ccc(C2C(C(=O)c3cc4cc(Br)ccc4o3)=C(O)C(=O)N2c2ccc(OC(C)C)cc2)cc1. The lowest BCUT2D eigenvalue weighted by Crippen LogP contribution is -2.31. The number of furan rings is 1. The summed E-state index contributed by atoms with van der Waals surface area (Å²) < 4.78 is 12.4. The molecule has 1 aromatic heterocycles. The molecule has 0 fully saturated rings. The van der Waals surface area contributed by atoms with Crippen molar-refractivity contribution in [2.45, 2.75) is 39.3 Å². The zero-order valence-corrected chi connectivity index (χ0v) is 22.3. The minimum absolute atomic E-state index is 0.00321. The third kappa shape index (κ3) is 4.67. The molecule has 0 saturated heterocycles. The van der Waals surface area contributed by atoms with Crippen LogP contribution in [0.5, 0.6) is 5.75 Å². The van der Waals surface area contributed by atoms with Crippen molar-refractivity contribution in [3.8, 4) is 5.75 Å². The molecule has 0 radical (unpaired) electrons. The Morgan fingerprint density at radius 1 is 1.05 bits per heavy atom. The highest BCUT2D eigenvalue weighted by atomic mass is 79.9. The standard InChI is InChI=1S/C30H26BrNO5/c1-4-18-5-7-19(8-6-18)27-26(28(33)25-16-20-15-21(31)9-14-24(20)37-25)29(34)30(35)32(27)22-10-12-23(13-11-22)36-17(2)3/h5-17,27,34H,4H2,1-3H3. The first-order valence-electron chi connectivity index (χ1n) is 12.1. The van der Waals surface area contributed by atoms with Crippen LogP contribution in [-0.4, -0.2) is 22.9 Å². The maximum atomic E-state index is 13.8. The lowest BCUT2D eigenvalue weighted by atomic mass is 9.94. The summed E-state index contributed by atoms with van der Waals surface area (Å²) in [5, 5.41) is 11.8. The summed E-state index contributed by atoms with van der Waals surface area (Å²) in [6, 6.07) is 21.0. The number of hydrogen-bond donors (Lipinski definition) is 1. The van der Waals surface area contributed by atoms with Gasteiger partial charge >= 0.3 is 0 Å². The molecule has 37 heavy (non-hydrogen) atoms. The van der Waals surface area contributed by atoms with Crippen molar-refractivity contribution in [3.05, 3.63) is 105 Å². The smallest absolute Gasteiger partial charge is 0.294 e. The molecule has 1 atom stereocenters. The quantitative estimate of drug-likeness (QED) is 0.240. The van der Waals surface area contributed by atoms with E-state index in [9.17, 15) is 14.7 Å². The van der Waals surface area contributed by atoms with Crippen LogP contribution in [-0.2, 0) is 11.2 Å². The molecule has 0 aliphatic carbocycles. The molecule has 1 N–H and O–H groups in total. The molecule has 188 valence electrons. The zero-order valence-electron chi connectivity index (χ0n) is 20.7. The Balaban J connectivity index is 1.60. The van der Waals surface area contributed by atoms with E-state index in [1.165, 1.54) is 4.90 Å². The van der Waals surface area contributed by atoms with Gasteiger partial charge < -0.3 is 14.3 Å². The van der Waals surface area contributed by atoms with Crippen LogP contribution in [0.1, 0.15) is 48.5 Å². The fourth-order valence-electron chi connectivity index (χ4n) is 4.57. The summed E-state index contributed by atoms with van der Waals surface area (Å²) in [5.41, 5.74) is 2.89. The summed E-state index contributed by atoms with van der Waals surface area (Å²) in [5.74, 6) is -1.05. The van der Waals surface area contributed by atoms with Gasteiger partial charge in [-0.15, -0.1) is 0 Å². The van der Waals surface area contributed by atoms with Crippen molar-refractivity contribution in [3.63, 3.8) is 0 Å². The van der Waals surface area contributed by atoms with Crippen molar-refractivity contribution in [1.82, 2.24) is 0 Å². The molecule has 1 aliphatic rings. The van der Waals surface area contributed by atoms with Crippen molar-refractivity contribution in [1.29, 1.82) is 0 Å². The van der Waals surface area contributed by atoms with Crippen LogP contribution in [0.25, 0.3) is 11.0 Å². The normalized spacial score (nSPS) is 15.8. The Morgan fingerprint density at radius 2 is 1.76 bits per heavy atom. The minimum Gasteiger partial charge on any atom is -0.503 e. The van der Waals surface area contributed by atoms with E-state index >= 15 is 0 Å². The number of halogens is 1. The van der Waals surface area contributed by atoms with Gasteiger partial charge in [-0.2, -0.15) is 0 Å². The molecule has 7 heteroatoms. The minimum atomic E-state index is -0.831. The fraction of sp³-hybridized carbons (Fsp3) is 0.200. The van der Waals surface area contributed by atoms with E-state index < -0.39 is 23.5 Å². The molecular weight excluding hydrogens is 534 g/mol. The van der Waals surface area contributed by atoms with E-state index in [4.69, 9.17) is 9.15 Å². The van der Waals surface area contributed by atoms with Crippen LogP contribution >= 0.6 is 15.9 Å². The van der Waals surface area contributed by atoms with Crippen molar-refractivity contribution < 1.29 is 23.8 Å². The van der Waals surface area contributed by atoms with Crippen LogP contribution in [0.4, 0.5) is 5.69 Å². The molecule has 1 unspecified atom stereocenters. The maximum absolute atomic E-state index is 13.8. The molecule has 0 spiro atoms. The number of Topliss-reactive ketones (excluding diaryl/α,β-unsaturated/α-hetero) is 1. The number of aryl methyl sites for hydroxylation is 1. The van der Waals surface area contributed by atoms with Crippen LogP contribution in [0.3, 0.4) is 0 Å². The number of nitrogens with zero attached hydrogens (tertiary/aromatic N) is 1. The number of ketones is 1. The molecule has 5 rings (SSSR count). The Bertz CT molecular complexity index is 1520. The number of aliphatic hydroxyl groups excluding tert-OH is 1. The topological polar surface area (TPSA) is 80.0 Å². The third-order valence-electron chi connectivity index (χ3n) is 6.35. The summed E-state index contributed by atoms with van der Waals surface area (Å²) in [6.07, 6.45) is 0.857. The Morgan fingerprint density at radius 3 is 2.41 bits per heavy atom. The number of ether oxygens (including phenoxy) is 1. The van der Waals surface area contributed by atoms with Gasteiger partial charge in [-0.1, -0.05) is 47.1 Å². The molecule has 0 bridgehead atoms. The van der Waals surface area contributed by atoms with Crippen molar-refractivity contribution in [2.24, 2.45) is 0 Å². The first-order valence-corrected chi connectivity index (χ1v) is 12.9. The average Bonchev–Trinajstić information content (AvgIpc) is 3.42. The van der Waals surface area contributed by atoms with Crippen LogP contribution in [0.15, 0.2) is 93.0 Å². The van der Waals surface area contributed by atoms with Gasteiger partial charge in [0, 0.05) is 15.5 Å². The summed E-state index contributed by atoms with van der Waals surface area (Å²) >= 11 is 3.43. The highest BCUT2D eigenvalue weighted by molar-refractivity contribution is 9.10. The summed E-state index contributed by atoms with van der Waals surface area (Å²) in [4.78, 5) is 28.7. The van der Waals surface area contributed by atoms with E-state index in [0.29, 0.717) is 22.6 Å². The number of hydrogen-bond acceptors (Lipinski definition) is 5. The number of amides is 1. The van der Waals surface area contributed by atoms with Gasteiger partial charge in [0.2, 0.25) is 5.78 Å². The lowest BCUT2D eigenvalue weighted by molar-refractivity contribution is -0.117. The van der Waals surface area contributed by atoms with Crippen LogP contribution in [0.2, 0.25) is 0 Å². The van der Waals surface area contributed by atoms with E-state index in [0.717, 1.165) is 21.8 Å². The summed E-state index contributed by atoms with van der Waals surface area (Å²) in [6.45, 7) is 5.93. The van der Waals surface area contributed by atoms with E-state index in [2.05, 4.69) is 22.9 Å². The van der Waals surface area contributed by atoms with Gasteiger partial charge in [-0.3, -0.25) is 14.5 Å². The van der Waals surface area contributed by atoms with Gasteiger partial charge in [0.05, 0.1) is 17.7 Å². The molecule has 6 nitrogen and oxygen atoms in total. The van der Waals surface area contributed by atoms with Gasteiger partial charge in [-0.05, 0) is 79.9 Å². The van der Waals surface area contributed by atoms with Crippen molar-refractivity contribution in [2.75, 3.05) is 4.90 Å². The Kier molecular flexibility index (Phi) is 6.65. The predicted molar refractivity (Wildman–Crippen MR) is 146 cm³/mol. The van der Waals surface area contributed by atoms with Gasteiger partial charge in [0.15, 0.2) is 11.5 Å². The van der Waals surface area contributed by atoms with E-state index in [-0.39, 0.29) is 17.4 Å². The van der Waals surface area contributed by atoms with Gasteiger partial charge in [-0.25, -0.2) is 0 Å². The number of carbonyl (C=O) groups is 2. The molecule has 2 heterocycles. The number of rotatable bonds is 7. The lowest BCUT2D eigenvalue weighted by Gasteiger charge is -2.27. The average molecular weight is 560 g/mol. The second kappa shape index (κ2) is 9.90. The highest BCUT2D eigenvalue weighted by Gasteiger charge is 2.45. The number of fused-ring (bicyclic) bond motifs is 1. The first-order chi connectivity index (χ1) is 17.8. The molecule has 1 amide bonds. The third-order valence-corrected chi connectivity index (χ3v) is 6.84. The molecule has 1 aliphatic heterocycles. The second-order valence-electron chi connectivity index (χ2n) is 9.22. The Hall–Kier alpha value is -3.84.